The predicted molar refractivity (Wildman–Crippen MR) is 142 cm³/mol. The standard InChI is InChI=1S/C29H26N6O2/c1-37-27-12-10-26(11-13-27)35-17-15-25(32-35)19-31-28(36)14-9-24-21-34(20-22-6-3-2-4-7-22)33-29(24)23-8-5-16-30-18-23/h2-18,21H,19-20H2,1H3,(H,31,36)/b14-9+. The molecule has 5 rings (SSSR count). The third kappa shape index (κ3) is 5.99. The van der Waals surface area contributed by atoms with E-state index < -0.39 is 0 Å². The van der Waals surface area contributed by atoms with Gasteiger partial charge in [0.2, 0.25) is 5.91 Å². The van der Waals surface area contributed by atoms with Crippen LogP contribution in [0.1, 0.15) is 16.8 Å². The minimum atomic E-state index is -0.216. The van der Waals surface area contributed by atoms with Gasteiger partial charge in [0, 0.05) is 42.0 Å². The summed E-state index contributed by atoms with van der Waals surface area (Å²) in [6.07, 6.45) is 10.6. The Kier molecular flexibility index (Phi) is 7.17. The van der Waals surface area contributed by atoms with E-state index in [4.69, 9.17) is 9.84 Å². The summed E-state index contributed by atoms with van der Waals surface area (Å²) >= 11 is 0. The first-order valence-corrected chi connectivity index (χ1v) is 11.8. The lowest BCUT2D eigenvalue weighted by Crippen LogP contribution is -2.20. The summed E-state index contributed by atoms with van der Waals surface area (Å²) in [5.41, 5.74) is 5.30. The fourth-order valence-electron chi connectivity index (χ4n) is 3.87. The van der Waals surface area contributed by atoms with E-state index in [1.54, 1.807) is 30.3 Å². The molecule has 0 unspecified atom stereocenters. The van der Waals surface area contributed by atoms with Crippen LogP contribution in [0.15, 0.2) is 104 Å². The summed E-state index contributed by atoms with van der Waals surface area (Å²) < 4.78 is 8.84. The number of methoxy groups -OCH3 is 1. The van der Waals surface area contributed by atoms with Gasteiger partial charge in [-0.3, -0.25) is 14.5 Å². The molecule has 0 bridgehead atoms. The molecule has 8 nitrogen and oxygen atoms in total. The molecule has 37 heavy (non-hydrogen) atoms. The highest BCUT2D eigenvalue weighted by Crippen LogP contribution is 2.23. The Bertz CT molecular complexity index is 1490. The molecule has 184 valence electrons. The van der Waals surface area contributed by atoms with Crippen molar-refractivity contribution in [2.24, 2.45) is 0 Å². The van der Waals surface area contributed by atoms with Crippen molar-refractivity contribution in [2.75, 3.05) is 7.11 Å². The number of nitrogens with one attached hydrogen (secondary N) is 1. The number of hydrogen-bond acceptors (Lipinski definition) is 5. The Hall–Kier alpha value is -4.98. The Balaban J connectivity index is 1.26. The van der Waals surface area contributed by atoms with Gasteiger partial charge in [-0.1, -0.05) is 30.3 Å². The maximum Gasteiger partial charge on any atom is 0.244 e. The zero-order valence-electron chi connectivity index (χ0n) is 20.4. The molecule has 1 N–H and O–H groups in total. The lowest BCUT2D eigenvalue weighted by molar-refractivity contribution is -0.116. The van der Waals surface area contributed by atoms with Crippen LogP contribution in [0.4, 0.5) is 0 Å². The van der Waals surface area contributed by atoms with E-state index in [1.807, 2.05) is 77.7 Å². The quantitative estimate of drug-likeness (QED) is 0.307. The maximum atomic E-state index is 12.6. The van der Waals surface area contributed by atoms with Crippen LogP contribution < -0.4 is 10.1 Å². The Labute approximate surface area is 214 Å². The molecule has 2 aromatic carbocycles. The summed E-state index contributed by atoms with van der Waals surface area (Å²) in [5, 5.41) is 12.2. The van der Waals surface area contributed by atoms with Gasteiger partial charge in [0.05, 0.1) is 31.6 Å². The van der Waals surface area contributed by atoms with Gasteiger partial charge >= 0.3 is 0 Å². The highest BCUT2D eigenvalue weighted by Gasteiger charge is 2.11. The Morgan fingerprint density at radius 3 is 2.59 bits per heavy atom. The highest BCUT2D eigenvalue weighted by molar-refractivity contribution is 5.92. The number of amides is 1. The van der Waals surface area contributed by atoms with Crippen molar-refractivity contribution in [3.63, 3.8) is 0 Å². The summed E-state index contributed by atoms with van der Waals surface area (Å²) in [5.74, 6) is 0.569. The second-order valence-electron chi connectivity index (χ2n) is 8.36. The van der Waals surface area contributed by atoms with Crippen LogP contribution >= 0.6 is 0 Å². The molecule has 0 spiro atoms. The number of ether oxygens (including phenoxy) is 1. The minimum Gasteiger partial charge on any atom is -0.497 e. The number of hydrogen-bond donors (Lipinski definition) is 1. The van der Waals surface area contributed by atoms with E-state index in [1.165, 1.54) is 6.08 Å². The van der Waals surface area contributed by atoms with Crippen molar-refractivity contribution in [1.29, 1.82) is 0 Å². The van der Waals surface area contributed by atoms with Gasteiger partial charge in [0.1, 0.15) is 11.4 Å². The normalized spacial score (nSPS) is 11.1. The van der Waals surface area contributed by atoms with Crippen LogP contribution in [0.3, 0.4) is 0 Å². The largest absolute Gasteiger partial charge is 0.497 e. The second-order valence-corrected chi connectivity index (χ2v) is 8.36. The van der Waals surface area contributed by atoms with Crippen molar-refractivity contribution in [3.05, 3.63) is 120 Å². The average Bonchev–Trinajstić information content (AvgIpc) is 3.59. The van der Waals surface area contributed by atoms with E-state index in [0.29, 0.717) is 13.1 Å². The van der Waals surface area contributed by atoms with Crippen molar-refractivity contribution >= 4 is 12.0 Å². The first-order valence-electron chi connectivity index (χ1n) is 11.8. The molecule has 0 saturated carbocycles. The minimum absolute atomic E-state index is 0.216. The number of carbonyl (C=O) groups excluding carboxylic acids is 1. The highest BCUT2D eigenvalue weighted by atomic mass is 16.5. The van der Waals surface area contributed by atoms with Crippen LogP contribution in [0.25, 0.3) is 23.0 Å². The fraction of sp³-hybridized carbons (Fsp3) is 0.103. The lowest BCUT2D eigenvalue weighted by atomic mass is 10.1. The first-order chi connectivity index (χ1) is 18.2. The second kappa shape index (κ2) is 11.2. The Morgan fingerprint density at radius 2 is 1.84 bits per heavy atom. The molecule has 0 aliphatic heterocycles. The molecule has 3 heterocycles. The Morgan fingerprint density at radius 1 is 1.00 bits per heavy atom. The van der Waals surface area contributed by atoms with E-state index in [2.05, 4.69) is 27.5 Å². The molecule has 0 radical (unpaired) electrons. The maximum absolute atomic E-state index is 12.6. The van der Waals surface area contributed by atoms with E-state index in [-0.39, 0.29) is 5.91 Å². The van der Waals surface area contributed by atoms with Crippen molar-refractivity contribution in [3.8, 4) is 22.7 Å². The molecular weight excluding hydrogens is 464 g/mol. The SMILES string of the molecule is COc1ccc(-n2ccc(CNC(=O)/C=C/c3cn(Cc4ccccc4)nc3-c3cccnc3)n2)cc1. The fourth-order valence-corrected chi connectivity index (χ4v) is 3.87. The van der Waals surface area contributed by atoms with Gasteiger partial charge in [0.25, 0.3) is 0 Å². The monoisotopic (exact) mass is 490 g/mol. The van der Waals surface area contributed by atoms with E-state index in [0.717, 1.165) is 39.5 Å². The number of rotatable bonds is 9. The predicted octanol–water partition coefficient (Wildman–Crippen LogP) is 4.52. The zero-order chi connectivity index (χ0) is 25.5. The van der Waals surface area contributed by atoms with Gasteiger partial charge in [-0.15, -0.1) is 0 Å². The molecule has 0 saturated heterocycles. The van der Waals surface area contributed by atoms with E-state index in [9.17, 15) is 4.79 Å². The number of carbonyl (C=O) groups is 1. The molecule has 0 aliphatic rings. The molecule has 0 fully saturated rings. The number of benzene rings is 2. The molecule has 1 amide bonds. The van der Waals surface area contributed by atoms with Crippen molar-refractivity contribution < 1.29 is 9.53 Å². The molecule has 5 aromatic rings. The number of aromatic nitrogens is 5. The number of pyridine rings is 1. The zero-order valence-corrected chi connectivity index (χ0v) is 20.4. The molecule has 0 atom stereocenters. The van der Waals surface area contributed by atoms with Crippen LogP contribution in [-0.2, 0) is 17.9 Å². The van der Waals surface area contributed by atoms with Crippen molar-refractivity contribution in [2.45, 2.75) is 13.1 Å². The summed E-state index contributed by atoms with van der Waals surface area (Å²) in [4.78, 5) is 16.8. The van der Waals surface area contributed by atoms with Gasteiger partial charge in [-0.2, -0.15) is 10.2 Å². The van der Waals surface area contributed by atoms with Crippen molar-refractivity contribution in [1.82, 2.24) is 29.9 Å². The first kappa shape index (κ1) is 23.7. The van der Waals surface area contributed by atoms with Gasteiger partial charge < -0.3 is 10.1 Å². The molecule has 8 heteroatoms. The third-order valence-corrected chi connectivity index (χ3v) is 5.75. The lowest BCUT2D eigenvalue weighted by Gasteiger charge is -2.03. The molecular formula is C29H26N6O2. The van der Waals surface area contributed by atoms with Crippen LogP contribution in [0.5, 0.6) is 5.75 Å². The average molecular weight is 491 g/mol. The number of nitrogens with zero attached hydrogens (tertiary/aromatic N) is 5. The van der Waals surface area contributed by atoms with Crippen LogP contribution in [0.2, 0.25) is 0 Å². The summed E-state index contributed by atoms with van der Waals surface area (Å²) in [7, 11) is 1.63. The topological polar surface area (TPSA) is 86.9 Å². The summed E-state index contributed by atoms with van der Waals surface area (Å²) in [6, 6.07) is 23.4. The van der Waals surface area contributed by atoms with Gasteiger partial charge in [-0.05, 0) is 54.1 Å². The van der Waals surface area contributed by atoms with Gasteiger partial charge in [-0.25, -0.2) is 4.68 Å². The molecule has 0 aliphatic carbocycles. The van der Waals surface area contributed by atoms with Crippen LogP contribution in [0, 0.1) is 0 Å². The van der Waals surface area contributed by atoms with Crippen LogP contribution in [-0.4, -0.2) is 37.6 Å². The van der Waals surface area contributed by atoms with Gasteiger partial charge in [0.15, 0.2) is 0 Å². The molecule has 3 aromatic heterocycles. The smallest absolute Gasteiger partial charge is 0.244 e. The summed E-state index contributed by atoms with van der Waals surface area (Å²) in [6.45, 7) is 0.944. The van der Waals surface area contributed by atoms with E-state index >= 15 is 0 Å². The third-order valence-electron chi connectivity index (χ3n) is 5.75.